The van der Waals surface area contributed by atoms with E-state index in [1.165, 1.54) is 5.56 Å². The lowest BCUT2D eigenvalue weighted by Gasteiger charge is -2.12. The van der Waals surface area contributed by atoms with E-state index in [2.05, 4.69) is 33.1 Å². The molecule has 0 saturated heterocycles. The number of aromatic nitrogens is 1. The smallest absolute Gasteiger partial charge is 0.251 e. The van der Waals surface area contributed by atoms with Crippen molar-refractivity contribution < 1.29 is 4.79 Å². The first-order valence-electron chi connectivity index (χ1n) is 10.5. The average Bonchev–Trinajstić information content (AvgIpc) is 2.79. The second-order valence-electron chi connectivity index (χ2n) is 7.45. The Balaban J connectivity index is 1.35. The summed E-state index contributed by atoms with van der Waals surface area (Å²) >= 11 is 0. The summed E-state index contributed by atoms with van der Waals surface area (Å²) in [6.45, 7) is 4.04. The lowest BCUT2D eigenvalue weighted by Crippen LogP contribution is -2.31. The number of nitrogens with zero attached hydrogens (tertiary/aromatic N) is 1. The Morgan fingerprint density at radius 1 is 0.871 bits per heavy atom. The quantitative estimate of drug-likeness (QED) is 0.365. The molecule has 0 radical (unpaired) electrons. The lowest BCUT2D eigenvalue weighted by atomic mass is 10.1. The van der Waals surface area contributed by atoms with Crippen molar-refractivity contribution in [2.75, 3.05) is 18.4 Å². The molecule has 0 bridgehead atoms. The number of carbonyl (C=O) groups is 1. The molecule has 0 aliphatic heterocycles. The molecular formula is C26H26N4O. The summed E-state index contributed by atoms with van der Waals surface area (Å²) in [4.78, 5) is 17.2. The van der Waals surface area contributed by atoms with Gasteiger partial charge in [0.1, 0.15) is 0 Å². The third-order valence-electron chi connectivity index (χ3n) is 5.01. The van der Waals surface area contributed by atoms with E-state index in [1.54, 1.807) is 0 Å². The molecule has 0 atom stereocenters. The van der Waals surface area contributed by atoms with Crippen LogP contribution in [-0.4, -0.2) is 24.0 Å². The van der Waals surface area contributed by atoms with Gasteiger partial charge in [0.05, 0.1) is 5.52 Å². The zero-order valence-electron chi connectivity index (χ0n) is 17.6. The van der Waals surface area contributed by atoms with Gasteiger partial charge < -0.3 is 16.0 Å². The highest BCUT2D eigenvalue weighted by molar-refractivity contribution is 5.96. The third kappa shape index (κ3) is 5.47. The Bertz CT molecular complexity index is 1170. The van der Waals surface area contributed by atoms with E-state index in [9.17, 15) is 4.79 Å². The highest BCUT2D eigenvalue weighted by atomic mass is 16.1. The second-order valence-corrected chi connectivity index (χ2v) is 7.45. The van der Waals surface area contributed by atoms with Crippen molar-refractivity contribution in [1.29, 1.82) is 0 Å². The average molecular weight is 411 g/mol. The molecule has 5 nitrogen and oxygen atoms in total. The summed E-state index contributed by atoms with van der Waals surface area (Å²) in [6, 6.07) is 27.8. The van der Waals surface area contributed by atoms with Crippen molar-refractivity contribution in [3.63, 3.8) is 0 Å². The molecule has 156 valence electrons. The minimum Gasteiger partial charge on any atom is -0.355 e. The Kier molecular flexibility index (Phi) is 6.55. The van der Waals surface area contributed by atoms with Gasteiger partial charge >= 0.3 is 0 Å². The van der Waals surface area contributed by atoms with Crippen molar-refractivity contribution in [3.05, 3.63) is 102 Å². The van der Waals surface area contributed by atoms with Crippen LogP contribution in [-0.2, 0) is 6.54 Å². The fraction of sp³-hybridized carbons (Fsp3) is 0.154. The van der Waals surface area contributed by atoms with Gasteiger partial charge in [0.2, 0.25) is 0 Å². The first kappa shape index (κ1) is 20.6. The van der Waals surface area contributed by atoms with Crippen LogP contribution < -0.4 is 16.0 Å². The number of aryl methyl sites for hydroxylation is 1. The zero-order valence-corrected chi connectivity index (χ0v) is 17.6. The SMILES string of the molecule is Cc1cc(Nc2cccc(C(=O)NCCNCc3ccccc3)c2)c2ccccc2n1. The fourth-order valence-corrected chi connectivity index (χ4v) is 3.50. The van der Waals surface area contributed by atoms with E-state index >= 15 is 0 Å². The highest BCUT2D eigenvalue weighted by Crippen LogP contribution is 2.26. The van der Waals surface area contributed by atoms with E-state index in [1.807, 2.05) is 79.7 Å². The first-order chi connectivity index (χ1) is 15.2. The van der Waals surface area contributed by atoms with Crippen molar-refractivity contribution in [1.82, 2.24) is 15.6 Å². The number of para-hydroxylation sites is 1. The molecule has 0 spiro atoms. The van der Waals surface area contributed by atoms with Crippen LogP contribution in [0.25, 0.3) is 10.9 Å². The molecule has 0 aliphatic carbocycles. The van der Waals surface area contributed by atoms with Crippen molar-refractivity contribution in [3.8, 4) is 0 Å². The van der Waals surface area contributed by atoms with Gasteiger partial charge in [0, 0.05) is 47.7 Å². The maximum Gasteiger partial charge on any atom is 0.251 e. The zero-order chi connectivity index (χ0) is 21.5. The van der Waals surface area contributed by atoms with E-state index in [0.29, 0.717) is 18.7 Å². The van der Waals surface area contributed by atoms with Gasteiger partial charge in [0.25, 0.3) is 5.91 Å². The number of fused-ring (bicyclic) bond motifs is 1. The van der Waals surface area contributed by atoms with Gasteiger partial charge in [-0.2, -0.15) is 0 Å². The molecule has 4 aromatic rings. The number of hydrogen-bond acceptors (Lipinski definition) is 4. The third-order valence-corrected chi connectivity index (χ3v) is 5.01. The normalized spacial score (nSPS) is 10.7. The number of carbonyl (C=O) groups excluding carboxylic acids is 1. The monoisotopic (exact) mass is 410 g/mol. The number of anilines is 2. The van der Waals surface area contributed by atoms with Crippen LogP contribution in [0.1, 0.15) is 21.6 Å². The summed E-state index contributed by atoms with van der Waals surface area (Å²) < 4.78 is 0. The van der Waals surface area contributed by atoms with Crippen molar-refractivity contribution in [2.24, 2.45) is 0 Å². The van der Waals surface area contributed by atoms with Crippen LogP contribution in [0.2, 0.25) is 0 Å². The van der Waals surface area contributed by atoms with Crippen LogP contribution >= 0.6 is 0 Å². The summed E-state index contributed by atoms with van der Waals surface area (Å²) in [6.07, 6.45) is 0. The maximum absolute atomic E-state index is 12.6. The summed E-state index contributed by atoms with van der Waals surface area (Å²) in [5.74, 6) is -0.0825. The predicted octanol–water partition coefficient (Wildman–Crippen LogP) is 4.81. The standard InChI is InChI=1S/C26H26N4O/c1-19-16-25(23-12-5-6-13-24(23)29-19)30-22-11-7-10-21(17-22)26(31)28-15-14-27-18-20-8-3-2-4-9-20/h2-13,16-17,27H,14-15,18H2,1H3,(H,28,31)(H,29,30). The molecule has 0 unspecified atom stereocenters. The Morgan fingerprint density at radius 3 is 2.55 bits per heavy atom. The van der Waals surface area contributed by atoms with E-state index in [4.69, 9.17) is 0 Å². The molecular weight excluding hydrogens is 384 g/mol. The maximum atomic E-state index is 12.6. The predicted molar refractivity (Wildman–Crippen MR) is 127 cm³/mol. The van der Waals surface area contributed by atoms with Gasteiger partial charge in [0.15, 0.2) is 0 Å². The van der Waals surface area contributed by atoms with Crippen LogP contribution in [0, 0.1) is 6.92 Å². The lowest BCUT2D eigenvalue weighted by molar-refractivity contribution is 0.0954. The highest BCUT2D eigenvalue weighted by Gasteiger charge is 2.08. The van der Waals surface area contributed by atoms with Gasteiger partial charge in [-0.05, 0) is 42.8 Å². The number of rotatable bonds is 8. The van der Waals surface area contributed by atoms with Gasteiger partial charge in [-0.1, -0.05) is 54.6 Å². The van der Waals surface area contributed by atoms with Crippen molar-refractivity contribution >= 4 is 28.2 Å². The molecule has 4 rings (SSSR count). The van der Waals surface area contributed by atoms with Gasteiger partial charge in [-0.3, -0.25) is 9.78 Å². The minimum absolute atomic E-state index is 0.0825. The van der Waals surface area contributed by atoms with E-state index in [-0.39, 0.29) is 5.91 Å². The van der Waals surface area contributed by atoms with Crippen LogP contribution in [0.15, 0.2) is 84.9 Å². The number of amides is 1. The molecule has 1 aromatic heterocycles. The number of pyridine rings is 1. The summed E-state index contributed by atoms with van der Waals surface area (Å²) in [5.41, 5.74) is 5.59. The number of nitrogens with one attached hydrogen (secondary N) is 3. The fourth-order valence-electron chi connectivity index (χ4n) is 3.50. The Hall–Kier alpha value is -3.70. The Morgan fingerprint density at radius 2 is 1.68 bits per heavy atom. The molecule has 3 aromatic carbocycles. The topological polar surface area (TPSA) is 66.1 Å². The molecule has 31 heavy (non-hydrogen) atoms. The molecule has 0 fully saturated rings. The van der Waals surface area contributed by atoms with Crippen molar-refractivity contribution in [2.45, 2.75) is 13.5 Å². The summed E-state index contributed by atoms with van der Waals surface area (Å²) in [7, 11) is 0. The minimum atomic E-state index is -0.0825. The molecule has 1 heterocycles. The molecule has 3 N–H and O–H groups in total. The Labute approximate surface area is 182 Å². The molecule has 0 saturated carbocycles. The number of hydrogen-bond donors (Lipinski definition) is 3. The number of benzene rings is 3. The van der Waals surface area contributed by atoms with Gasteiger partial charge in [-0.15, -0.1) is 0 Å². The first-order valence-corrected chi connectivity index (χ1v) is 10.5. The second kappa shape index (κ2) is 9.87. The van der Waals surface area contributed by atoms with Crippen LogP contribution in [0.5, 0.6) is 0 Å². The summed E-state index contributed by atoms with van der Waals surface area (Å²) in [5, 5.41) is 10.8. The van der Waals surface area contributed by atoms with E-state index < -0.39 is 0 Å². The van der Waals surface area contributed by atoms with E-state index in [0.717, 1.165) is 34.5 Å². The molecule has 5 heteroatoms. The van der Waals surface area contributed by atoms with Gasteiger partial charge in [-0.25, -0.2) is 0 Å². The van der Waals surface area contributed by atoms with Crippen LogP contribution in [0.3, 0.4) is 0 Å². The van der Waals surface area contributed by atoms with Crippen LogP contribution in [0.4, 0.5) is 11.4 Å². The molecule has 1 amide bonds. The largest absolute Gasteiger partial charge is 0.355 e. The molecule has 0 aliphatic rings.